The average Bonchev–Trinajstić information content (AvgIpc) is 2.67. The highest BCUT2D eigenvalue weighted by Gasteiger charge is 2.26. The molecular formula is C13H22N4O3. The van der Waals surface area contributed by atoms with E-state index >= 15 is 0 Å². The molecule has 0 bridgehead atoms. The third-order valence-electron chi connectivity index (χ3n) is 2.84. The van der Waals surface area contributed by atoms with E-state index in [4.69, 9.17) is 10.5 Å². The first kappa shape index (κ1) is 16.0. The van der Waals surface area contributed by atoms with Crippen LogP contribution >= 0.6 is 0 Å². The van der Waals surface area contributed by atoms with Crippen LogP contribution < -0.4 is 5.73 Å². The van der Waals surface area contributed by atoms with Gasteiger partial charge in [-0.2, -0.15) is 5.10 Å². The molecule has 0 saturated heterocycles. The van der Waals surface area contributed by atoms with Crippen molar-refractivity contribution in [2.24, 2.45) is 12.8 Å². The molecule has 0 aromatic carbocycles. The van der Waals surface area contributed by atoms with Gasteiger partial charge in [-0.05, 0) is 33.8 Å². The zero-order valence-corrected chi connectivity index (χ0v) is 12.8. The molecule has 2 amide bonds. The number of rotatable bonds is 3. The topological polar surface area (TPSA) is 90.5 Å². The highest BCUT2D eigenvalue weighted by atomic mass is 16.6. The lowest BCUT2D eigenvalue weighted by Crippen LogP contribution is -2.35. The summed E-state index contributed by atoms with van der Waals surface area (Å²) in [7, 11) is 3.25. The van der Waals surface area contributed by atoms with Crippen molar-refractivity contribution < 1.29 is 14.3 Å². The number of amides is 2. The van der Waals surface area contributed by atoms with Crippen LogP contribution in [0.3, 0.4) is 0 Å². The number of carbonyl (C=O) groups excluding carboxylic acids is 2. The number of primary amides is 1. The Morgan fingerprint density at radius 3 is 2.40 bits per heavy atom. The Bertz CT molecular complexity index is 516. The Morgan fingerprint density at radius 2 is 2.00 bits per heavy atom. The van der Waals surface area contributed by atoms with E-state index in [1.165, 1.54) is 9.58 Å². The largest absolute Gasteiger partial charge is 0.444 e. The monoisotopic (exact) mass is 282 g/mol. The summed E-state index contributed by atoms with van der Waals surface area (Å²) in [6, 6.07) is 1.25. The molecule has 2 N–H and O–H groups in total. The highest BCUT2D eigenvalue weighted by molar-refractivity contribution is 5.91. The third-order valence-corrected chi connectivity index (χ3v) is 2.84. The third kappa shape index (κ3) is 3.72. The molecule has 0 aliphatic heterocycles. The second kappa shape index (κ2) is 5.52. The predicted octanol–water partition coefficient (Wildman–Crippen LogP) is 1.45. The molecule has 0 fully saturated rings. The lowest BCUT2D eigenvalue weighted by molar-refractivity contribution is 0.0230. The van der Waals surface area contributed by atoms with E-state index in [9.17, 15) is 9.59 Å². The van der Waals surface area contributed by atoms with Crippen molar-refractivity contribution >= 4 is 12.0 Å². The Hall–Kier alpha value is -2.05. The number of ether oxygens (including phenoxy) is 1. The van der Waals surface area contributed by atoms with E-state index in [2.05, 4.69) is 5.10 Å². The molecule has 1 heterocycles. The van der Waals surface area contributed by atoms with E-state index in [-0.39, 0.29) is 6.04 Å². The molecule has 0 aliphatic carbocycles. The average molecular weight is 282 g/mol. The van der Waals surface area contributed by atoms with Crippen LogP contribution in [0.25, 0.3) is 0 Å². The maximum Gasteiger partial charge on any atom is 0.410 e. The van der Waals surface area contributed by atoms with E-state index in [0.29, 0.717) is 11.4 Å². The molecular weight excluding hydrogens is 260 g/mol. The SMILES string of the molecule is C[C@@H](c1cc(C(N)=O)n(C)n1)N(C)C(=O)OC(C)(C)C. The Morgan fingerprint density at radius 1 is 1.45 bits per heavy atom. The van der Waals surface area contributed by atoms with Crippen molar-refractivity contribution in [3.63, 3.8) is 0 Å². The highest BCUT2D eigenvalue weighted by Crippen LogP contribution is 2.20. The molecule has 1 rings (SSSR count). The lowest BCUT2D eigenvalue weighted by atomic mass is 10.2. The van der Waals surface area contributed by atoms with Crippen molar-refractivity contribution in [2.45, 2.75) is 39.3 Å². The Labute approximate surface area is 118 Å². The number of aryl methyl sites for hydroxylation is 1. The van der Waals surface area contributed by atoms with Crippen LogP contribution in [-0.2, 0) is 11.8 Å². The van der Waals surface area contributed by atoms with Crippen molar-refractivity contribution in [3.05, 3.63) is 17.5 Å². The van der Waals surface area contributed by atoms with Crippen molar-refractivity contribution in [1.29, 1.82) is 0 Å². The van der Waals surface area contributed by atoms with Crippen molar-refractivity contribution in [3.8, 4) is 0 Å². The summed E-state index contributed by atoms with van der Waals surface area (Å²) in [5.74, 6) is -0.557. The molecule has 1 aromatic rings. The van der Waals surface area contributed by atoms with Gasteiger partial charge in [0.1, 0.15) is 11.3 Å². The summed E-state index contributed by atoms with van der Waals surface area (Å²) in [6.07, 6.45) is -0.448. The minimum atomic E-state index is -0.562. The second-order valence-electron chi connectivity index (χ2n) is 5.71. The Balaban J connectivity index is 2.89. The number of carbonyl (C=O) groups is 2. The first-order valence-electron chi connectivity index (χ1n) is 6.32. The van der Waals surface area contributed by atoms with Gasteiger partial charge >= 0.3 is 6.09 Å². The second-order valence-corrected chi connectivity index (χ2v) is 5.71. The molecule has 0 radical (unpaired) electrons. The number of hydrogen-bond acceptors (Lipinski definition) is 4. The minimum absolute atomic E-state index is 0.296. The zero-order chi connectivity index (χ0) is 15.7. The van der Waals surface area contributed by atoms with Crippen LogP contribution in [0.5, 0.6) is 0 Å². The molecule has 20 heavy (non-hydrogen) atoms. The van der Waals surface area contributed by atoms with Gasteiger partial charge in [0.05, 0.1) is 11.7 Å². The van der Waals surface area contributed by atoms with E-state index in [1.54, 1.807) is 47.9 Å². The van der Waals surface area contributed by atoms with E-state index in [1.807, 2.05) is 0 Å². The van der Waals surface area contributed by atoms with Crippen LogP contribution in [0.4, 0.5) is 4.79 Å². The van der Waals surface area contributed by atoms with Gasteiger partial charge in [-0.3, -0.25) is 9.48 Å². The van der Waals surface area contributed by atoms with E-state index < -0.39 is 17.6 Å². The summed E-state index contributed by atoms with van der Waals surface area (Å²) in [4.78, 5) is 24.6. The first-order chi connectivity index (χ1) is 9.03. The van der Waals surface area contributed by atoms with Gasteiger partial charge in [0.25, 0.3) is 5.91 Å². The molecule has 0 spiro atoms. The quantitative estimate of drug-likeness (QED) is 0.908. The fourth-order valence-electron chi connectivity index (χ4n) is 1.61. The van der Waals surface area contributed by atoms with Gasteiger partial charge in [-0.15, -0.1) is 0 Å². The van der Waals surface area contributed by atoms with Crippen molar-refractivity contribution in [2.75, 3.05) is 7.05 Å². The van der Waals surface area contributed by atoms with Gasteiger partial charge in [0, 0.05) is 14.1 Å². The fraction of sp³-hybridized carbons (Fsp3) is 0.615. The number of nitrogens with zero attached hydrogens (tertiary/aromatic N) is 3. The first-order valence-corrected chi connectivity index (χ1v) is 6.32. The van der Waals surface area contributed by atoms with Crippen LogP contribution in [-0.4, -0.2) is 39.3 Å². The molecule has 1 atom stereocenters. The number of hydrogen-bond donors (Lipinski definition) is 1. The maximum atomic E-state index is 12.0. The van der Waals surface area contributed by atoms with Crippen LogP contribution in [0.2, 0.25) is 0 Å². The summed E-state index contributed by atoms with van der Waals surface area (Å²) in [6.45, 7) is 7.21. The van der Waals surface area contributed by atoms with Crippen molar-refractivity contribution in [1.82, 2.24) is 14.7 Å². The Kier molecular flexibility index (Phi) is 4.42. The summed E-state index contributed by atoms with van der Waals surface area (Å²) in [5.41, 5.74) is 5.55. The summed E-state index contributed by atoms with van der Waals surface area (Å²) >= 11 is 0. The van der Waals surface area contributed by atoms with Gasteiger partial charge in [-0.25, -0.2) is 4.79 Å². The zero-order valence-electron chi connectivity index (χ0n) is 12.8. The minimum Gasteiger partial charge on any atom is -0.444 e. The fourth-order valence-corrected chi connectivity index (χ4v) is 1.61. The summed E-state index contributed by atoms with van der Waals surface area (Å²) < 4.78 is 6.69. The van der Waals surface area contributed by atoms with Crippen LogP contribution in [0, 0.1) is 0 Å². The number of aromatic nitrogens is 2. The van der Waals surface area contributed by atoms with E-state index in [0.717, 1.165) is 0 Å². The van der Waals surface area contributed by atoms with Gasteiger partial charge in [-0.1, -0.05) is 0 Å². The molecule has 0 saturated carbocycles. The standard InChI is InChI=1S/C13H22N4O3/c1-8(16(5)12(19)20-13(2,3)4)9-7-10(11(14)18)17(6)15-9/h7-8H,1-6H3,(H2,14,18)/t8-/m0/s1. The number of nitrogens with two attached hydrogens (primary N) is 1. The molecule has 0 aliphatic rings. The summed E-state index contributed by atoms with van der Waals surface area (Å²) in [5, 5.41) is 4.20. The predicted molar refractivity (Wildman–Crippen MR) is 74.1 cm³/mol. The van der Waals surface area contributed by atoms with Crippen LogP contribution in [0.15, 0.2) is 6.07 Å². The molecule has 0 unspecified atom stereocenters. The normalized spacial score (nSPS) is 12.9. The van der Waals surface area contributed by atoms with Crippen LogP contribution in [0.1, 0.15) is 49.9 Å². The van der Waals surface area contributed by atoms with Gasteiger partial charge in [0.15, 0.2) is 0 Å². The molecule has 1 aromatic heterocycles. The van der Waals surface area contributed by atoms with Gasteiger partial charge in [0.2, 0.25) is 0 Å². The molecule has 7 nitrogen and oxygen atoms in total. The lowest BCUT2D eigenvalue weighted by Gasteiger charge is -2.27. The smallest absolute Gasteiger partial charge is 0.410 e. The maximum absolute atomic E-state index is 12.0. The molecule has 112 valence electrons. The molecule has 7 heteroatoms. The van der Waals surface area contributed by atoms with Gasteiger partial charge < -0.3 is 15.4 Å².